The van der Waals surface area contributed by atoms with Gasteiger partial charge in [-0.1, -0.05) is 6.07 Å². The summed E-state index contributed by atoms with van der Waals surface area (Å²) in [5.41, 5.74) is -0.100. The van der Waals surface area contributed by atoms with Crippen molar-refractivity contribution in [1.82, 2.24) is 4.90 Å². The van der Waals surface area contributed by atoms with Crippen molar-refractivity contribution in [2.75, 3.05) is 14.1 Å². The molecule has 0 aliphatic carbocycles. The van der Waals surface area contributed by atoms with Crippen molar-refractivity contribution in [2.24, 2.45) is 0 Å². The van der Waals surface area contributed by atoms with Crippen LogP contribution in [0.4, 0.5) is 10.1 Å². The normalized spacial score (nSPS) is 10.1. The average molecular weight is 304 g/mol. The number of nitro benzene ring substituents is 1. The third-order valence-corrected chi connectivity index (χ3v) is 2.83. The molecule has 0 saturated heterocycles. The second-order valence-electron chi connectivity index (χ2n) is 4.70. The van der Waals surface area contributed by atoms with Gasteiger partial charge < -0.3 is 9.64 Å². The molecule has 2 aromatic carbocycles. The van der Waals surface area contributed by atoms with E-state index in [9.17, 15) is 19.3 Å². The van der Waals surface area contributed by atoms with Crippen molar-refractivity contribution in [1.29, 1.82) is 0 Å². The molecule has 0 aromatic heterocycles. The Kier molecular flexibility index (Phi) is 4.36. The maximum absolute atomic E-state index is 13.1. The fraction of sp³-hybridized carbons (Fsp3) is 0.133. The first kappa shape index (κ1) is 15.4. The van der Waals surface area contributed by atoms with Crippen molar-refractivity contribution in [3.63, 3.8) is 0 Å². The summed E-state index contributed by atoms with van der Waals surface area (Å²) in [4.78, 5) is 23.5. The van der Waals surface area contributed by atoms with Crippen molar-refractivity contribution in [3.8, 4) is 11.5 Å². The van der Waals surface area contributed by atoms with Gasteiger partial charge in [0.2, 0.25) is 5.75 Å². The molecule has 0 unspecified atom stereocenters. The molecule has 7 heteroatoms. The number of hydrogen-bond donors (Lipinski definition) is 0. The molecular formula is C15H13FN2O4. The van der Waals surface area contributed by atoms with E-state index in [-0.39, 0.29) is 17.4 Å². The molecule has 2 aromatic rings. The fourth-order valence-electron chi connectivity index (χ4n) is 1.80. The standard InChI is InChI=1S/C15H13FN2O4/c1-17(2)15(19)10-4-3-5-12(8-10)22-14-7-6-11(16)9-13(14)18(20)21/h3-9H,1-2H3. The Balaban J connectivity index is 2.34. The van der Waals surface area contributed by atoms with Gasteiger partial charge in [0, 0.05) is 19.7 Å². The molecule has 0 spiro atoms. The second kappa shape index (κ2) is 6.21. The Morgan fingerprint density at radius 3 is 2.59 bits per heavy atom. The molecule has 22 heavy (non-hydrogen) atoms. The van der Waals surface area contributed by atoms with Gasteiger partial charge >= 0.3 is 5.69 Å². The number of hydrogen-bond acceptors (Lipinski definition) is 4. The maximum atomic E-state index is 13.1. The number of halogens is 1. The van der Waals surface area contributed by atoms with Crippen LogP contribution in [0, 0.1) is 15.9 Å². The maximum Gasteiger partial charge on any atom is 0.314 e. The minimum Gasteiger partial charge on any atom is -0.450 e. The highest BCUT2D eigenvalue weighted by Crippen LogP contribution is 2.32. The van der Waals surface area contributed by atoms with Crippen LogP contribution in [0.25, 0.3) is 0 Å². The van der Waals surface area contributed by atoms with E-state index >= 15 is 0 Å². The van der Waals surface area contributed by atoms with E-state index in [0.29, 0.717) is 5.56 Å². The molecule has 6 nitrogen and oxygen atoms in total. The third-order valence-electron chi connectivity index (χ3n) is 2.83. The topological polar surface area (TPSA) is 72.7 Å². The molecule has 2 rings (SSSR count). The van der Waals surface area contributed by atoms with Gasteiger partial charge in [0.05, 0.1) is 11.0 Å². The molecule has 0 aliphatic heterocycles. The number of rotatable bonds is 4. The first-order valence-electron chi connectivity index (χ1n) is 6.32. The Morgan fingerprint density at radius 1 is 1.23 bits per heavy atom. The van der Waals surface area contributed by atoms with Crippen LogP contribution < -0.4 is 4.74 Å². The molecule has 114 valence electrons. The summed E-state index contributed by atoms with van der Waals surface area (Å²) in [6.45, 7) is 0. The smallest absolute Gasteiger partial charge is 0.314 e. The lowest BCUT2D eigenvalue weighted by Crippen LogP contribution is -2.21. The summed E-state index contributed by atoms with van der Waals surface area (Å²) in [6, 6.07) is 9.25. The molecule has 0 heterocycles. The molecule has 0 N–H and O–H groups in total. The van der Waals surface area contributed by atoms with Crippen LogP contribution in [0.2, 0.25) is 0 Å². The zero-order chi connectivity index (χ0) is 16.3. The highest BCUT2D eigenvalue weighted by atomic mass is 19.1. The quantitative estimate of drug-likeness (QED) is 0.642. The Hall–Kier alpha value is -2.96. The lowest BCUT2D eigenvalue weighted by molar-refractivity contribution is -0.385. The van der Waals surface area contributed by atoms with E-state index in [2.05, 4.69) is 0 Å². The lowest BCUT2D eigenvalue weighted by Gasteiger charge is -2.11. The van der Waals surface area contributed by atoms with Crippen molar-refractivity contribution in [2.45, 2.75) is 0 Å². The fourth-order valence-corrected chi connectivity index (χ4v) is 1.80. The number of amides is 1. The van der Waals surface area contributed by atoms with Crippen molar-refractivity contribution in [3.05, 3.63) is 64.0 Å². The minimum absolute atomic E-state index is 0.0964. The van der Waals surface area contributed by atoms with E-state index in [1.54, 1.807) is 32.3 Å². The lowest BCUT2D eigenvalue weighted by atomic mass is 10.2. The Bertz CT molecular complexity index is 731. The van der Waals surface area contributed by atoms with Gasteiger partial charge in [0.1, 0.15) is 11.6 Å². The Labute approximate surface area is 125 Å². The van der Waals surface area contributed by atoms with Crippen LogP contribution in [0.5, 0.6) is 11.5 Å². The summed E-state index contributed by atoms with van der Waals surface area (Å²) in [5, 5.41) is 10.9. The first-order chi connectivity index (χ1) is 10.4. The number of carbonyl (C=O) groups excluding carboxylic acids is 1. The highest BCUT2D eigenvalue weighted by Gasteiger charge is 2.17. The summed E-state index contributed by atoms with van der Waals surface area (Å²) in [5.74, 6) is -0.794. The number of benzene rings is 2. The van der Waals surface area contributed by atoms with Gasteiger partial charge in [0.25, 0.3) is 5.91 Å². The highest BCUT2D eigenvalue weighted by molar-refractivity contribution is 5.94. The molecule has 0 bridgehead atoms. The predicted molar refractivity (Wildman–Crippen MR) is 77.6 cm³/mol. The monoisotopic (exact) mass is 304 g/mol. The summed E-state index contributed by atoms with van der Waals surface area (Å²) < 4.78 is 18.5. The summed E-state index contributed by atoms with van der Waals surface area (Å²) in [7, 11) is 3.22. The van der Waals surface area contributed by atoms with Gasteiger partial charge in [-0.25, -0.2) is 4.39 Å². The minimum atomic E-state index is -0.729. The van der Waals surface area contributed by atoms with E-state index in [0.717, 1.165) is 12.1 Å². The molecule has 0 saturated carbocycles. The predicted octanol–water partition coefficient (Wildman–Crippen LogP) is 3.23. The zero-order valence-corrected chi connectivity index (χ0v) is 11.9. The number of ether oxygens (including phenoxy) is 1. The largest absolute Gasteiger partial charge is 0.450 e. The zero-order valence-electron chi connectivity index (χ0n) is 11.9. The molecule has 1 amide bonds. The van der Waals surface area contributed by atoms with E-state index in [1.165, 1.54) is 17.0 Å². The second-order valence-corrected chi connectivity index (χ2v) is 4.70. The van der Waals surface area contributed by atoms with E-state index in [4.69, 9.17) is 4.74 Å². The SMILES string of the molecule is CN(C)C(=O)c1cccc(Oc2ccc(F)cc2[N+](=O)[O-])c1. The van der Waals surface area contributed by atoms with Crippen LogP contribution in [-0.4, -0.2) is 29.8 Å². The molecule has 0 fully saturated rings. The van der Waals surface area contributed by atoms with E-state index < -0.39 is 16.4 Å². The van der Waals surface area contributed by atoms with E-state index in [1.807, 2.05) is 0 Å². The van der Waals surface area contributed by atoms with Gasteiger partial charge in [-0.2, -0.15) is 0 Å². The molecule has 0 atom stereocenters. The van der Waals surface area contributed by atoms with Crippen LogP contribution in [0.1, 0.15) is 10.4 Å². The van der Waals surface area contributed by atoms with Crippen LogP contribution in [0.15, 0.2) is 42.5 Å². The van der Waals surface area contributed by atoms with Crippen LogP contribution in [-0.2, 0) is 0 Å². The van der Waals surface area contributed by atoms with Gasteiger partial charge in [-0.05, 0) is 30.3 Å². The molecule has 0 aliphatic rings. The van der Waals surface area contributed by atoms with Gasteiger partial charge in [-0.15, -0.1) is 0 Å². The average Bonchev–Trinajstić information content (AvgIpc) is 2.48. The Morgan fingerprint density at radius 2 is 1.95 bits per heavy atom. The van der Waals surface area contributed by atoms with Crippen LogP contribution in [0.3, 0.4) is 0 Å². The van der Waals surface area contributed by atoms with Gasteiger partial charge in [-0.3, -0.25) is 14.9 Å². The summed E-state index contributed by atoms with van der Waals surface area (Å²) >= 11 is 0. The number of nitrogens with zero attached hydrogens (tertiary/aromatic N) is 2. The molecular weight excluding hydrogens is 291 g/mol. The summed E-state index contributed by atoms with van der Waals surface area (Å²) in [6.07, 6.45) is 0. The first-order valence-corrected chi connectivity index (χ1v) is 6.32. The van der Waals surface area contributed by atoms with Gasteiger partial charge in [0.15, 0.2) is 0 Å². The molecule has 0 radical (unpaired) electrons. The third kappa shape index (κ3) is 3.38. The number of nitro groups is 1. The van der Waals surface area contributed by atoms with Crippen molar-refractivity contribution < 1.29 is 18.8 Å². The number of carbonyl (C=O) groups is 1. The van der Waals surface area contributed by atoms with Crippen molar-refractivity contribution >= 4 is 11.6 Å². The van der Waals surface area contributed by atoms with Crippen LogP contribution >= 0.6 is 0 Å².